The second-order valence-corrected chi connectivity index (χ2v) is 5.87. The van der Waals surface area contributed by atoms with Crippen LogP contribution in [0.5, 0.6) is 0 Å². The largest absolute Gasteiger partial charge is 0.326 e. The molecule has 1 saturated heterocycles. The van der Waals surface area contributed by atoms with Crippen LogP contribution in [0.25, 0.3) is 0 Å². The Hall–Kier alpha value is -0.510. The highest BCUT2D eigenvalue weighted by atomic mass is 32.2. The molecular formula is C13H18N2S. The van der Waals surface area contributed by atoms with E-state index in [0.29, 0.717) is 12.0 Å². The lowest BCUT2D eigenvalue weighted by Gasteiger charge is -2.34. The standard InChI is InChI=1S/C13H18N2S/c14-8-10-1-2-12-11(7-10)13(9-16-12)3-5-15-6-4-13/h1-2,7,15H,3-6,8-9,14H2. The van der Waals surface area contributed by atoms with Gasteiger partial charge in [-0.05, 0) is 43.1 Å². The number of nitrogens with two attached hydrogens (primary N) is 1. The predicted octanol–water partition coefficient (Wildman–Crippen LogP) is 1.87. The molecule has 0 unspecified atom stereocenters. The Morgan fingerprint density at radius 1 is 1.31 bits per heavy atom. The van der Waals surface area contributed by atoms with Gasteiger partial charge in [0.1, 0.15) is 0 Å². The molecule has 1 aromatic rings. The van der Waals surface area contributed by atoms with Crippen LogP contribution in [-0.4, -0.2) is 18.8 Å². The molecule has 0 amide bonds. The van der Waals surface area contributed by atoms with Gasteiger partial charge in [0.25, 0.3) is 0 Å². The molecular weight excluding hydrogens is 216 g/mol. The normalized spacial score (nSPS) is 22.3. The zero-order valence-electron chi connectivity index (χ0n) is 9.46. The van der Waals surface area contributed by atoms with E-state index in [1.54, 1.807) is 5.56 Å². The number of thioether (sulfide) groups is 1. The molecule has 2 heterocycles. The number of benzene rings is 1. The molecule has 0 atom stereocenters. The number of hydrogen-bond donors (Lipinski definition) is 2. The van der Waals surface area contributed by atoms with Gasteiger partial charge in [-0.2, -0.15) is 0 Å². The fourth-order valence-electron chi connectivity index (χ4n) is 2.86. The molecule has 1 spiro atoms. The molecule has 1 fully saturated rings. The minimum absolute atomic E-state index is 0.441. The maximum absolute atomic E-state index is 5.74. The van der Waals surface area contributed by atoms with Gasteiger partial charge in [0.15, 0.2) is 0 Å². The number of piperidine rings is 1. The summed E-state index contributed by atoms with van der Waals surface area (Å²) in [6.07, 6.45) is 2.56. The first kappa shape index (κ1) is 10.6. The van der Waals surface area contributed by atoms with Crippen LogP contribution in [-0.2, 0) is 12.0 Å². The van der Waals surface area contributed by atoms with Gasteiger partial charge in [-0.15, -0.1) is 11.8 Å². The second kappa shape index (κ2) is 4.06. The van der Waals surface area contributed by atoms with Crippen molar-refractivity contribution >= 4 is 11.8 Å². The molecule has 86 valence electrons. The van der Waals surface area contributed by atoms with Crippen molar-refractivity contribution in [3.63, 3.8) is 0 Å². The van der Waals surface area contributed by atoms with Gasteiger partial charge in [-0.1, -0.05) is 12.1 Å². The summed E-state index contributed by atoms with van der Waals surface area (Å²) in [5, 5.41) is 3.46. The van der Waals surface area contributed by atoms with Crippen molar-refractivity contribution in [1.82, 2.24) is 5.32 Å². The summed E-state index contributed by atoms with van der Waals surface area (Å²) in [6, 6.07) is 6.78. The Morgan fingerprint density at radius 3 is 2.88 bits per heavy atom. The summed E-state index contributed by atoms with van der Waals surface area (Å²) in [5.74, 6) is 1.26. The lowest BCUT2D eigenvalue weighted by atomic mass is 9.74. The van der Waals surface area contributed by atoms with Crippen LogP contribution >= 0.6 is 11.8 Å². The molecule has 3 N–H and O–H groups in total. The van der Waals surface area contributed by atoms with Crippen molar-refractivity contribution < 1.29 is 0 Å². The molecule has 3 heteroatoms. The summed E-state index contributed by atoms with van der Waals surface area (Å²) >= 11 is 2.02. The van der Waals surface area contributed by atoms with E-state index in [2.05, 4.69) is 23.5 Å². The van der Waals surface area contributed by atoms with E-state index >= 15 is 0 Å². The van der Waals surface area contributed by atoms with Crippen LogP contribution in [0.2, 0.25) is 0 Å². The van der Waals surface area contributed by atoms with E-state index in [0.717, 1.165) is 13.1 Å². The molecule has 0 saturated carbocycles. The average Bonchev–Trinajstić information content (AvgIpc) is 2.69. The number of nitrogens with one attached hydrogen (secondary N) is 1. The fraction of sp³-hybridized carbons (Fsp3) is 0.538. The third-order valence-electron chi connectivity index (χ3n) is 3.92. The van der Waals surface area contributed by atoms with Crippen LogP contribution < -0.4 is 11.1 Å². The quantitative estimate of drug-likeness (QED) is 0.779. The minimum atomic E-state index is 0.441. The van der Waals surface area contributed by atoms with Crippen molar-refractivity contribution in [2.75, 3.05) is 18.8 Å². The Balaban J connectivity index is 2.02. The van der Waals surface area contributed by atoms with Gasteiger partial charge in [0.05, 0.1) is 0 Å². The van der Waals surface area contributed by atoms with Crippen LogP contribution in [0, 0.1) is 0 Å². The monoisotopic (exact) mass is 234 g/mol. The van der Waals surface area contributed by atoms with Crippen LogP contribution in [0.1, 0.15) is 24.0 Å². The highest BCUT2D eigenvalue weighted by Crippen LogP contribution is 2.48. The van der Waals surface area contributed by atoms with Crippen molar-refractivity contribution in [2.45, 2.75) is 29.7 Å². The third-order valence-corrected chi connectivity index (χ3v) is 5.28. The summed E-state index contributed by atoms with van der Waals surface area (Å²) in [7, 11) is 0. The Bertz CT molecular complexity index is 391. The van der Waals surface area contributed by atoms with E-state index < -0.39 is 0 Å². The lowest BCUT2D eigenvalue weighted by Crippen LogP contribution is -2.40. The maximum atomic E-state index is 5.74. The SMILES string of the molecule is NCc1ccc2c(c1)C1(CCNCC1)CS2. The zero-order chi connectivity index (χ0) is 11.0. The van der Waals surface area contributed by atoms with Crippen LogP contribution in [0.4, 0.5) is 0 Å². The number of hydrogen-bond acceptors (Lipinski definition) is 3. The Morgan fingerprint density at radius 2 is 2.12 bits per heavy atom. The summed E-state index contributed by atoms with van der Waals surface area (Å²) in [5.41, 5.74) is 9.03. The Kier molecular flexibility index (Phi) is 2.70. The maximum Gasteiger partial charge on any atom is 0.0178 e. The fourth-order valence-corrected chi connectivity index (χ4v) is 4.33. The van der Waals surface area contributed by atoms with Gasteiger partial charge in [-0.25, -0.2) is 0 Å². The average molecular weight is 234 g/mol. The lowest BCUT2D eigenvalue weighted by molar-refractivity contribution is 0.343. The Labute approximate surface area is 101 Å². The molecule has 2 aliphatic heterocycles. The van der Waals surface area contributed by atoms with Gasteiger partial charge in [-0.3, -0.25) is 0 Å². The molecule has 0 aromatic heterocycles. The smallest absolute Gasteiger partial charge is 0.0178 e. The van der Waals surface area contributed by atoms with Crippen molar-refractivity contribution in [3.05, 3.63) is 29.3 Å². The second-order valence-electron chi connectivity index (χ2n) is 4.85. The molecule has 0 radical (unpaired) electrons. The molecule has 1 aromatic carbocycles. The van der Waals surface area contributed by atoms with Crippen molar-refractivity contribution in [2.24, 2.45) is 5.73 Å². The van der Waals surface area contributed by atoms with Crippen LogP contribution in [0.15, 0.2) is 23.1 Å². The van der Waals surface area contributed by atoms with E-state index in [9.17, 15) is 0 Å². The summed E-state index contributed by atoms with van der Waals surface area (Å²) < 4.78 is 0. The molecule has 16 heavy (non-hydrogen) atoms. The zero-order valence-corrected chi connectivity index (χ0v) is 10.3. The first-order valence-corrected chi connectivity index (χ1v) is 7.00. The molecule has 2 nitrogen and oxygen atoms in total. The van der Waals surface area contributed by atoms with Crippen molar-refractivity contribution in [3.8, 4) is 0 Å². The molecule has 0 aliphatic carbocycles. The van der Waals surface area contributed by atoms with E-state index in [4.69, 9.17) is 5.73 Å². The highest BCUT2D eigenvalue weighted by Gasteiger charge is 2.40. The van der Waals surface area contributed by atoms with Gasteiger partial charge >= 0.3 is 0 Å². The summed E-state index contributed by atoms with van der Waals surface area (Å²) in [6.45, 7) is 2.98. The topological polar surface area (TPSA) is 38.0 Å². The van der Waals surface area contributed by atoms with E-state index in [1.165, 1.54) is 29.1 Å². The highest BCUT2D eigenvalue weighted by molar-refractivity contribution is 7.99. The minimum Gasteiger partial charge on any atom is -0.326 e. The van der Waals surface area contributed by atoms with Gasteiger partial charge in [0.2, 0.25) is 0 Å². The van der Waals surface area contributed by atoms with Crippen molar-refractivity contribution in [1.29, 1.82) is 0 Å². The first-order valence-electron chi connectivity index (χ1n) is 6.01. The molecule has 2 aliphatic rings. The van der Waals surface area contributed by atoms with E-state index in [-0.39, 0.29) is 0 Å². The molecule has 3 rings (SSSR count). The van der Waals surface area contributed by atoms with Crippen LogP contribution in [0.3, 0.4) is 0 Å². The number of rotatable bonds is 1. The third kappa shape index (κ3) is 1.58. The summed E-state index contributed by atoms with van der Waals surface area (Å²) in [4.78, 5) is 1.49. The first-order chi connectivity index (χ1) is 7.84. The van der Waals surface area contributed by atoms with E-state index in [1.807, 2.05) is 11.8 Å². The number of fused-ring (bicyclic) bond motifs is 2. The predicted molar refractivity (Wildman–Crippen MR) is 68.8 cm³/mol. The molecule has 0 bridgehead atoms. The van der Waals surface area contributed by atoms with Gasteiger partial charge < -0.3 is 11.1 Å². The van der Waals surface area contributed by atoms with Gasteiger partial charge in [0, 0.05) is 22.6 Å².